The van der Waals surface area contributed by atoms with E-state index in [0.29, 0.717) is 5.92 Å². The third-order valence-corrected chi connectivity index (χ3v) is 4.21. The molecule has 2 heteroatoms. The first-order valence-electron chi connectivity index (χ1n) is 6.20. The molecule has 0 radical (unpaired) electrons. The second-order valence-electron chi connectivity index (χ2n) is 5.24. The van der Waals surface area contributed by atoms with E-state index >= 15 is 0 Å². The van der Waals surface area contributed by atoms with E-state index in [2.05, 4.69) is 13.8 Å². The molecule has 2 rings (SSSR count). The number of carboxylic acids is 1. The highest BCUT2D eigenvalue weighted by atomic mass is 16.4. The first-order valence-corrected chi connectivity index (χ1v) is 6.20. The Balaban J connectivity index is 2.21. The molecular formula is C14H20O2. The minimum absolute atomic E-state index is 0.389. The van der Waals surface area contributed by atoms with E-state index < -0.39 is 5.97 Å². The van der Waals surface area contributed by atoms with Gasteiger partial charge in [-0.3, -0.25) is 0 Å². The van der Waals surface area contributed by atoms with Gasteiger partial charge in [-0.1, -0.05) is 24.1 Å². The average molecular weight is 220 g/mol. The van der Waals surface area contributed by atoms with Crippen LogP contribution in [-0.4, -0.2) is 11.1 Å². The van der Waals surface area contributed by atoms with Crippen molar-refractivity contribution in [1.29, 1.82) is 0 Å². The van der Waals surface area contributed by atoms with Crippen LogP contribution in [0.2, 0.25) is 0 Å². The van der Waals surface area contributed by atoms with E-state index in [4.69, 9.17) is 5.11 Å². The molecule has 0 saturated heterocycles. The first-order chi connectivity index (χ1) is 7.59. The van der Waals surface area contributed by atoms with Gasteiger partial charge < -0.3 is 5.11 Å². The Morgan fingerprint density at radius 3 is 2.81 bits per heavy atom. The summed E-state index contributed by atoms with van der Waals surface area (Å²) in [7, 11) is 0. The molecule has 16 heavy (non-hydrogen) atoms. The lowest BCUT2D eigenvalue weighted by Gasteiger charge is -2.33. The summed E-state index contributed by atoms with van der Waals surface area (Å²) in [6, 6.07) is 0. The maximum absolute atomic E-state index is 10.6. The molecule has 0 aliphatic heterocycles. The third kappa shape index (κ3) is 2.06. The van der Waals surface area contributed by atoms with Crippen LogP contribution in [0.15, 0.2) is 23.3 Å². The smallest absolute Gasteiger partial charge is 0.327 e. The summed E-state index contributed by atoms with van der Waals surface area (Å²) in [6.07, 6.45) is 8.05. The number of fused-ring (bicyclic) bond motifs is 1. The second-order valence-corrected chi connectivity index (χ2v) is 5.24. The van der Waals surface area contributed by atoms with E-state index in [9.17, 15) is 4.79 Å². The van der Waals surface area contributed by atoms with Crippen molar-refractivity contribution in [3.63, 3.8) is 0 Å². The molecule has 2 aliphatic carbocycles. The van der Waals surface area contributed by atoms with E-state index in [1.54, 1.807) is 5.57 Å². The molecule has 2 aliphatic rings. The zero-order valence-electron chi connectivity index (χ0n) is 10.1. The van der Waals surface area contributed by atoms with Gasteiger partial charge in [0, 0.05) is 6.08 Å². The monoisotopic (exact) mass is 220 g/mol. The number of aliphatic carboxylic acids is 1. The number of allylic oxidation sites excluding steroid dienone is 3. The molecule has 1 saturated carbocycles. The largest absolute Gasteiger partial charge is 0.478 e. The Morgan fingerprint density at radius 2 is 2.12 bits per heavy atom. The molecule has 0 aromatic rings. The molecule has 0 aromatic heterocycles. The van der Waals surface area contributed by atoms with Crippen molar-refractivity contribution in [1.82, 2.24) is 0 Å². The van der Waals surface area contributed by atoms with Crippen molar-refractivity contribution >= 4 is 5.97 Å². The fourth-order valence-corrected chi connectivity index (χ4v) is 3.37. The van der Waals surface area contributed by atoms with Gasteiger partial charge >= 0.3 is 5.97 Å². The normalized spacial score (nSPS) is 34.5. The summed E-state index contributed by atoms with van der Waals surface area (Å²) in [4.78, 5) is 10.6. The maximum atomic E-state index is 10.6. The molecule has 88 valence electrons. The van der Waals surface area contributed by atoms with Gasteiger partial charge in [0.2, 0.25) is 0 Å². The number of hydrogen-bond donors (Lipinski definition) is 1. The zero-order valence-corrected chi connectivity index (χ0v) is 10.1. The van der Waals surface area contributed by atoms with E-state index in [1.807, 2.05) is 6.08 Å². The quantitative estimate of drug-likeness (QED) is 0.572. The van der Waals surface area contributed by atoms with Crippen molar-refractivity contribution in [3.8, 4) is 0 Å². The minimum atomic E-state index is -0.827. The van der Waals surface area contributed by atoms with Crippen molar-refractivity contribution in [3.05, 3.63) is 23.3 Å². The molecule has 0 spiro atoms. The van der Waals surface area contributed by atoms with Crippen LogP contribution >= 0.6 is 0 Å². The highest BCUT2D eigenvalue weighted by Crippen LogP contribution is 2.47. The van der Waals surface area contributed by atoms with Crippen LogP contribution < -0.4 is 0 Å². The summed E-state index contributed by atoms with van der Waals surface area (Å²) in [5.41, 5.74) is 3.06. The molecule has 1 fully saturated rings. The van der Waals surface area contributed by atoms with Crippen LogP contribution in [0.5, 0.6) is 0 Å². The predicted molar refractivity (Wildman–Crippen MR) is 64.1 cm³/mol. The molecule has 0 heterocycles. The van der Waals surface area contributed by atoms with Gasteiger partial charge in [-0.05, 0) is 50.4 Å². The average Bonchev–Trinajstić information content (AvgIpc) is 2.61. The summed E-state index contributed by atoms with van der Waals surface area (Å²) < 4.78 is 0. The van der Waals surface area contributed by atoms with Crippen LogP contribution in [0.4, 0.5) is 0 Å². The SMILES string of the molecule is CC1=C2[C@H](/C=C/C(=O)O)CC[C@@H](C)[C@H]2CC1. The van der Waals surface area contributed by atoms with Crippen LogP contribution in [0.3, 0.4) is 0 Å². The van der Waals surface area contributed by atoms with Crippen molar-refractivity contribution in [2.75, 3.05) is 0 Å². The van der Waals surface area contributed by atoms with Crippen LogP contribution in [0.25, 0.3) is 0 Å². The first kappa shape index (κ1) is 11.4. The van der Waals surface area contributed by atoms with Gasteiger partial charge in [0.25, 0.3) is 0 Å². The predicted octanol–water partition coefficient (Wildman–Crippen LogP) is 3.40. The molecule has 0 amide bonds. The van der Waals surface area contributed by atoms with Gasteiger partial charge in [0.15, 0.2) is 0 Å². The van der Waals surface area contributed by atoms with E-state index in [0.717, 1.165) is 18.3 Å². The Morgan fingerprint density at radius 1 is 1.38 bits per heavy atom. The topological polar surface area (TPSA) is 37.3 Å². The molecular weight excluding hydrogens is 200 g/mol. The van der Waals surface area contributed by atoms with Gasteiger partial charge in [0.1, 0.15) is 0 Å². The molecule has 0 unspecified atom stereocenters. The van der Waals surface area contributed by atoms with Crippen molar-refractivity contribution in [2.45, 2.75) is 39.5 Å². The molecule has 3 atom stereocenters. The number of hydrogen-bond acceptors (Lipinski definition) is 1. The highest BCUT2D eigenvalue weighted by Gasteiger charge is 2.35. The second kappa shape index (κ2) is 4.44. The Labute approximate surface area is 97.0 Å². The number of carbonyl (C=O) groups is 1. The van der Waals surface area contributed by atoms with E-state index in [1.165, 1.54) is 30.9 Å². The lowest BCUT2D eigenvalue weighted by Crippen LogP contribution is -2.23. The van der Waals surface area contributed by atoms with Crippen LogP contribution in [0.1, 0.15) is 39.5 Å². The fraction of sp³-hybridized carbons (Fsp3) is 0.643. The minimum Gasteiger partial charge on any atom is -0.478 e. The Bertz CT molecular complexity index is 352. The Hall–Kier alpha value is -1.05. The molecule has 0 bridgehead atoms. The summed E-state index contributed by atoms with van der Waals surface area (Å²) in [6.45, 7) is 4.55. The zero-order chi connectivity index (χ0) is 11.7. The third-order valence-electron chi connectivity index (χ3n) is 4.21. The number of carboxylic acid groups (broad SMARTS) is 1. The van der Waals surface area contributed by atoms with Gasteiger partial charge in [-0.25, -0.2) is 4.79 Å². The lowest BCUT2D eigenvalue weighted by molar-refractivity contribution is -0.131. The summed E-state index contributed by atoms with van der Waals surface area (Å²) >= 11 is 0. The van der Waals surface area contributed by atoms with Crippen LogP contribution in [-0.2, 0) is 4.79 Å². The van der Waals surface area contributed by atoms with Crippen LogP contribution in [0, 0.1) is 17.8 Å². The standard InChI is InChI=1S/C14H20O2/c1-9-3-5-11(6-8-13(15)16)14-10(2)4-7-12(9)14/h6,8-9,11-12H,3-5,7H2,1-2H3,(H,15,16)/b8-6+/t9-,11+,12-/m1/s1. The molecule has 0 aromatic carbocycles. The maximum Gasteiger partial charge on any atom is 0.327 e. The lowest BCUT2D eigenvalue weighted by atomic mass is 9.71. The molecule has 2 nitrogen and oxygen atoms in total. The number of rotatable bonds is 2. The fourth-order valence-electron chi connectivity index (χ4n) is 3.37. The van der Waals surface area contributed by atoms with Gasteiger partial charge in [0.05, 0.1) is 0 Å². The summed E-state index contributed by atoms with van der Waals surface area (Å²) in [5.74, 6) is 1.06. The van der Waals surface area contributed by atoms with Crippen molar-refractivity contribution < 1.29 is 9.90 Å². The van der Waals surface area contributed by atoms with E-state index in [-0.39, 0.29) is 0 Å². The molecule has 1 N–H and O–H groups in total. The highest BCUT2D eigenvalue weighted by molar-refractivity contribution is 5.79. The van der Waals surface area contributed by atoms with Gasteiger partial charge in [-0.2, -0.15) is 0 Å². The van der Waals surface area contributed by atoms with Gasteiger partial charge in [-0.15, -0.1) is 0 Å². The van der Waals surface area contributed by atoms with Crippen molar-refractivity contribution in [2.24, 2.45) is 17.8 Å². The summed E-state index contributed by atoms with van der Waals surface area (Å²) in [5, 5.41) is 8.70. The Kier molecular flexibility index (Phi) is 3.17.